The Morgan fingerprint density at radius 1 is 1.64 bits per heavy atom. The minimum atomic E-state index is -0.527. The standard InChI is InChI=1S/C7H8FN3/c1-6(2-8)11-5-7(3-9)4-10/h5-6,11H,2H2,1H3. The number of nitriles is 2. The van der Waals surface area contributed by atoms with E-state index in [1.807, 2.05) is 0 Å². The van der Waals surface area contributed by atoms with Crippen molar-refractivity contribution in [1.82, 2.24) is 5.32 Å². The highest BCUT2D eigenvalue weighted by molar-refractivity contribution is 5.34. The Bertz CT molecular complexity index is 205. The van der Waals surface area contributed by atoms with Gasteiger partial charge in [0.25, 0.3) is 0 Å². The summed E-state index contributed by atoms with van der Waals surface area (Å²) in [5.74, 6) is 0. The Morgan fingerprint density at radius 3 is 2.55 bits per heavy atom. The van der Waals surface area contributed by atoms with E-state index in [1.54, 1.807) is 19.1 Å². The molecule has 0 saturated carbocycles. The molecule has 0 aromatic rings. The van der Waals surface area contributed by atoms with Crippen LogP contribution in [-0.2, 0) is 0 Å². The molecule has 0 heterocycles. The number of rotatable bonds is 3. The molecule has 3 nitrogen and oxygen atoms in total. The first kappa shape index (κ1) is 9.45. The quantitative estimate of drug-likeness (QED) is 0.612. The summed E-state index contributed by atoms with van der Waals surface area (Å²) < 4.78 is 11.8. The minimum Gasteiger partial charge on any atom is -0.384 e. The van der Waals surface area contributed by atoms with E-state index in [4.69, 9.17) is 10.5 Å². The maximum absolute atomic E-state index is 11.8. The number of hydrogen-bond donors (Lipinski definition) is 1. The van der Waals surface area contributed by atoms with Crippen LogP contribution in [0, 0.1) is 22.7 Å². The van der Waals surface area contributed by atoms with Crippen molar-refractivity contribution in [2.45, 2.75) is 13.0 Å². The number of hydrogen-bond acceptors (Lipinski definition) is 3. The average molecular weight is 153 g/mol. The summed E-state index contributed by atoms with van der Waals surface area (Å²) in [6.45, 7) is 1.09. The van der Waals surface area contributed by atoms with E-state index in [0.29, 0.717) is 0 Å². The normalized spacial score (nSPS) is 10.5. The maximum Gasteiger partial charge on any atom is 0.145 e. The van der Waals surface area contributed by atoms with Crippen molar-refractivity contribution in [3.05, 3.63) is 11.8 Å². The Morgan fingerprint density at radius 2 is 2.18 bits per heavy atom. The van der Waals surface area contributed by atoms with Gasteiger partial charge in [-0.15, -0.1) is 0 Å². The van der Waals surface area contributed by atoms with Crippen LogP contribution in [0.3, 0.4) is 0 Å². The van der Waals surface area contributed by atoms with Crippen molar-refractivity contribution in [1.29, 1.82) is 10.5 Å². The largest absolute Gasteiger partial charge is 0.384 e. The number of halogens is 1. The maximum atomic E-state index is 11.8. The lowest BCUT2D eigenvalue weighted by Gasteiger charge is -2.04. The van der Waals surface area contributed by atoms with E-state index < -0.39 is 6.67 Å². The molecule has 0 aromatic heterocycles. The Labute approximate surface area is 64.7 Å². The second-order valence-corrected chi connectivity index (χ2v) is 2.00. The molecule has 0 aliphatic heterocycles. The fourth-order valence-electron chi connectivity index (χ4n) is 0.360. The van der Waals surface area contributed by atoms with E-state index in [9.17, 15) is 4.39 Å². The molecule has 0 amide bonds. The molecule has 0 spiro atoms. The number of alkyl halides is 1. The Kier molecular flexibility index (Phi) is 4.51. The lowest BCUT2D eigenvalue weighted by Crippen LogP contribution is -2.22. The lowest BCUT2D eigenvalue weighted by atomic mass is 10.3. The molecule has 0 saturated heterocycles. The van der Waals surface area contributed by atoms with E-state index in [1.165, 1.54) is 6.20 Å². The summed E-state index contributed by atoms with van der Waals surface area (Å²) in [6.07, 6.45) is 1.21. The van der Waals surface area contributed by atoms with E-state index in [2.05, 4.69) is 5.32 Å². The van der Waals surface area contributed by atoms with Gasteiger partial charge in [0.05, 0.1) is 6.04 Å². The van der Waals surface area contributed by atoms with Crippen LogP contribution < -0.4 is 5.32 Å². The molecule has 1 atom stereocenters. The van der Waals surface area contributed by atoms with Gasteiger partial charge in [0.15, 0.2) is 0 Å². The zero-order valence-electron chi connectivity index (χ0n) is 6.13. The van der Waals surface area contributed by atoms with Crippen LogP contribution in [-0.4, -0.2) is 12.7 Å². The van der Waals surface area contributed by atoms with Gasteiger partial charge in [-0.05, 0) is 6.92 Å². The molecule has 0 aliphatic carbocycles. The van der Waals surface area contributed by atoms with Crippen molar-refractivity contribution >= 4 is 0 Å². The molecule has 0 bridgehead atoms. The SMILES string of the molecule is CC(CF)NC=C(C#N)C#N. The molecule has 1 unspecified atom stereocenters. The predicted molar refractivity (Wildman–Crippen MR) is 37.9 cm³/mol. The molecule has 0 rings (SSSR count). The third-order valence-electron chi connectivity index (χ3n) is 0.985. The van der Waals surface area contributed by atoms with Crippen LogP contribution in [0.1, 0.15) is 6.92 Å². The Balaban J connectivity index is 3.94. The molecule has 0 radical (unpaired) electrons. The van der Waals surface area contributed by atoms with Gasteiger partial charge < -0.3 is 5.32 Å². The van der Waals surface area contributed by atoms with Crippen LogP contribution in [0.5, 0.6) is 0 Å². The summed E-state index contributed by atoms with van der Waals surface area (Å²) in [5.41, 5.74) is -0.0506. The zero-order chi connectivity index (χ0) is 8.69. The van der Waals surface area contributed by atoms with Gasteiger partial charge in [-0.2, -0.15) is 10.5 Å². The molecule has 1 N–H and O–H groups in total. The highest BCUT2D eigenvalue weighted by atomic mass is 19.1. The summed E-state index contributed by atoms with van der Waals surface area (Å²) >= 11 is 0. The number of allylic oxidation sites excluding steroid dienone is 1. The van der Waals surface area contributed by atoms with Gasteiger partial charge in [0, 0.05) is 6.20 Å². The average Bonchev–Trinajstić information content (AvgIpc) is 2.06. The van der Waals surface area contributed by atoms with Gasteiger partial charge in [0.2, 0.25) is 0 Å². The number of nitrogens with zero attached hydrogens (tertiary/aromatic N) is 2. The minimum absolute atomic E-state index is 0.0506. The van der Waals surface area contributed by atoms with Crippen molar-refractivity contribution in [2.24, 2.45) is 0 Å². The molecule has 58 valence electrons. The lowest BCUT2D eigenvalue weighted by molar-refractivity contribution is 0.418. The fraction of sp³-hybridized carbons (Fsp3) is 0.429. The van der Waals surface area contributed by atoms with Crippen molar-refractivity contribution in [2.75, 3.05) is 6.67 Å². The predicted octanol–water partition coefficient (Wildman–Crippen LogP) is 0.865. The molecule has 4 heteroatoms. The van der Waals surface area contributed by atoms with Gasteiger partial charge in [0.1, 0.15) is 24.4 Å². The van der Waals surface area contributed by atoms with Crippen LogP contribution in [0.2, 0.25) is 0 Å². The Hall–Kier alpha value is -1.55. The molecular formula is C7H8FN3. The fourth-order valence-corrected chi connectivity index (χ4v) is 0.360. The first-order chi connectivity index (χ1) is 5.24. The van der Waals surface area contributed by atoms with Gasteiger partial charge in [-0.1, -0.05) is 0 Å². The van der Waals surface area contributed by atoms with Crippen molar-refractivity contribution in [3.8, 4) is 12.1 Å². The van der Waals surface area contributed by atoms with Crippen LogP contribution in [0.4, 0.5) is 4.39 Å². The third-order valence-corrected chi connectivity index (χ3v) is 0.985. The molecule has 0 aliphatic rings. The monoisotopic (exact) mass is 153 g/mol. The second kappa shape index (κ2) is 5.25. The van der Waals surface area contributed by atoms with Crippen LogP contribution in [0.15, 0.2) is 11.8 Å². The summed E-state index contributed by atoms with van der Waals surface area (Å²) in [5, 5.41) is 19.0. The first-order valence-electron chi connectivity index (χ1n) is 3.07. The van der Waals surface area contributed by atoms with E-state index in [-0.39, 0.29) is 11.6 Å². The second-order valence-electron chi connectivity index (χ2n) is 2.00. The molecule has 0 fully saturated rings. The van der Waals surface area contributed by atoms with Crippen molar-refractivity contribution < 1.29 is 4.39 Å². The van der Waals surface area contributed by atoms with Crippen LogP contribution in [0.25, 0.3) is 0 Å². The first-order valence-corrected chi connectivity index (χ1v) is 3.07. The molecule has 11 heavy (non-hydrogen) atoms. The highest BCUT2D eigenvalue weighted by Crippen LogP contribution is 1.88. The summed E-state index contributed by atoms with van der Waals surface area (Å²) in [7, 11) is 0. The van der Waals surface area contributed by atoms with Crippen LogP contribution >= 0.6 is 0 Å². The third kappa shape index (κ3) is 3.94. The summed E-state index contributed by atoms with van der Waals surface area (Å²) in [4.78, 5) is 0. The zero-order valence-corrected chi connectivity index (χ0v) is 6.13. The summed E-state index contributed by atoms with van der Waals surface area (Å²) in [6, 6.07) is 2.94. The van der Waals surface area contributed by atoms with Gasteiger partial charge >= 0.3 is 0 Å². The van der Waals surface area contributed by atoms with E-state index in [0.717, 1.165) is 0 Å². The van der Waals surface area contributed by atoms with Gasteiger partial charge in [-0.25, -0.2) is 4.39 Å². The van der Waals surface area contributed by atoms with Crippen molar-refractivity contribution in [3.63, 3.8) is 0 Å². The number of nitrogens with one attached hydrogen (secondary N) is 1. The molecular weight excluding hydrogens is 145 g/mol. The smallest absolute Gasteiger partial charge is 0.145 e. The topological polar surface area (TPSA) is 59.6 Å². The van der Waals surface area contributed by atoms with Gasteiger partial charge in [-0.3, -0.25) is 0 Å². The van der Waals surface area contributed by atoms with E-state index >= 15 is 0 Å². The highest BCUT2D eigenvalue weighted by Gasteiger charge is 1.96. The molecule has 0 aromatic carbocycles.